The molecule has 5 N–H and O–H groups in total. The minimum atomic E-state index is -1.11. The summed E-state index contributed by atoms with van der Waals surface area (Å²) in [5, 5.41) is 3.35. The van der Waals surface area contributed by atoms with Gasteiger partial charge in [0.1, 0.15) is 30.4 Å². The van der Waals surface area contributed by atoms with Crippen LogP contribution in [0.5, 0.6) is 0 Å². The summed E-state index contributed by atoms with van der Waals surface area (Å²) >= 11 is 0. The van der Waals surface area contributed by atoms with Crippen LogP contribution in [-0.2, 0) is 16.1 Å². The number of hydrogen-bond donors (Lipinski definition) is 3. The van der Waals surface area contributed by atoms with Crippen molar-refractivity contribution < 1.29 is 18.8 Å². The largest absolute Gasteiger partial charge is 0.384 e. The van der Waals surface area contributed by atoms with Gasteiger partial charge in [0, 0.05) is 29.3 Å². The molecular formula is C30H34FN7O3. The van der Waals surface area contributed by atoms with Crippen molar-refractivity contribution in [2.24, 2.45) is 16.5 Å². The number of halogens is 1. The number of aromatic nitrogens is 2. The molecule has 1 saturated heterocycles. The summed E-state index contributed by atoms with van der Waals surface area (Å²) in [6, 6.07) is 9.85. The minimum absolute atomic E-state index is 0.0889. The van der Waals surface area contributed by atoms with Crippen LogP contribution < -0.4 is 16.8 Å². The predicted octanol–water partition coefficient (Wildman–Crippen LogP) is 3.71. The smallest absolute Gasteiger partial charge is 0.250 e. The summed E-state index contributed by atoms with van der Waals surface area (Å²) in [7, 11) is 0. The van der Waals surface area contributed by atoms with Crippen LogP contribution in [0.25, 0.3) is 16.5 Å². The Morgan fingerprint density at radius 2 is 1.95 bits per heavy atom. The maximum absolute atomic E-state index is 14.4. The minimum Gasteiger partial charge on any atom is -0.384 e. The zero-order chi connectivity index (χ0) is 29.7. The van der Waals surface area contributed by atoms with Gasteiger partial charge in [-0.05, 0) is 81.3 Å². The van der Waals surface area contributed by atoms with Gasteiger partial charge in [-0.15, -0.1) is 0 Å². The third-order valence-corrected chi connectivity index (χ3v) is 7.17. The van der Waals surface area contributed by atoms with Crippen LogP contribution in [0.3, 0.4) is 0 Å². The summed E-state index contributed by atoms with van der Waals surface area (Å²) in [5.74, 6) is -0.804. The molecule has 1 unspecified atom stereocenters. The summed E-state index contributed by atoms with van der Waals surface area (Å²) in [5.41, 5.74) is 14.7. The van der Waals surface area contributed by atoms with Crippen molar-refractivity contribution in [1.82, 2.24) is 14.5 Å². The number of aliphatic imine (C=N–C) groups is 1. The lowest BCUT2D eigenvalue weighted by Crippen LogP contribution is -2.48. The molecule has 214 valence electrons. The van der Waals surface area contributed by atoms with E-state index in [0.29, 0.717) is 16.7 Å². The van der Waals surface area contributed by atoms with E-state index in [1.165, 1.54) is 11.1 Å². The zero-order valence-corrected chi connectivity index (χ0v) is 23.1. The number of nitrogens with two attached hydrogens (primary N) is 2. The Hall–Kier alpha value is -4.80. The highest BCUT2D eigenvalue weighted by Gasteiger charge is 2.34. The van der Waals surface area contributed by atoms with Gasteiger partial charge >= 0.3 is 0 Å². The Morgan fingerprint density at radius 1 is 1.17 bits per heavy atom. The first-order chi connectivity index (χ1) is 19.6. The van der Waals surface area contributed by atoms with E-state index in [-0.39, 0.29) is 49.6 Å². The van der Waals surface area contributed by atoms with Gasteiger partial charge < -0.3 is 26.3 Å². The Bertz CT molecular complexity index is 1560. The Kier molecular flexibility index (Phi) is 8.96. The van der Waals surface area contributed by atoms with E-state index in [9.17, 15) is 18.8 Å². The highest BCUT2D eigenvalue weighted by atomic mass is 19.1. The second-order valence-electron chi connectivity index (χ2n) is 10.1. The number of hydrogen-bond acceptors (Lipinski definition) is 6. The van der Waals surface area contributed by atoms with E-state index in [4.69, 9.17) is 11.5 Å². The number of primary amides is 1. The number of alkyl halides is 1. The van der Waals surface area contributed by atoms with Crippen molar-refractivity contribution in [1.29, 1.82) is 0 Å². The maximum atomic E-state index is 14.4. The van der Waals surface area contributed by atoms with Gasteiger partial charge in [-0.25, -0.2) is 14.4 Å². The van der Waals surface area contributed by atoms with Crippen molar-refractivity contribution in [3.8, 4) is 0 Å². The number of carbonyl (C=O) groups is 3. The number of rotatable bonds is 8. The summed E-state index contributed by atoms with van der Waals surface area (Å²) in [6.07, 6.45) is 4.30. The summed E-state index contributed by atoms with van der Waals surface area (Å²) < 4.78 is 16.0. The van der Waals surface area contributed by atoms with E-state index >= 15 is 0 Å². The molecule has 0 radical (unpaired) electrons. The molecule has 1 aliphatic heterocycles. The number of pyridine rings is 1. The predicted molar refractivity (Wildman–Crippen MR) is 158 cm³/mol. The van der Waals surface area contributed by atoms with Gasteiger partial charge in [-0.1, -0.05) is 18.2 Å². The summed E-state index contributed by atoms with van der Waals surface area (Å²) in [4.78, 5) is 48.6. The maximum Gasteiger partial charge on any atom is 0.250 e. The van der Waals surface area contributed by atoms with Crippen LogP contribution in [0.2, 0.25) is 0 Å². The molecule has 4 rings (SSSR count). The van der Waals surface area contributed by atoms with E-state index in [0.717, 1.165) is 16.8 Å². The number of likely N-dealkylation sites (tertiary alicyclic amines) is 1. The molecule has 10 nitrogen and oxygen atoms in total. The van der Waals surface area contributed by atoms with Gasteiger partial charge in [0.05, 0.1) is 5.56 Å². The first-order valence-electron chi connectivity index (χ1n) is 13.3. The number of aryl methyl sites for hydroxylation is 1. The molecule has 2 atom stereocenters. The van der Waals surface area contributed by atoms with Gasteiger partial charge in [-0.3, -0.25) is 14.4 Å². The number of amides is 3. The molecule has 3 heterocycles. The molecule has 2 aromatic heterocycles. The lowest BCUT2D eigenvalue weighted by Gasteiger charge is -2.29. The molecule has 3 amide bonds. The highest BCUT2D eigenvalue weighted by Crippen LogP contribution is 2.27. The molecule has 41 heavy (non-hydrogen) atoms. The molecule has 1 aliphatic rings. The number of anilines is 1. The monoisotopic (exact) mass is 559 g/mol. The van der Waals surface area contributed by atoms with Crippen LogP contribution in [0, 0.1) is 6.92 Å². The first-order valence-corrected chi connectivity index (χ1v) is 13.3. The topological polar surface area (TPSA) is 149 Å². The second-order valence-corrected chi connectivity index (χ2v) is 10.1. The number of nitrogens with one attached hydrogen (secondary N) is 1. The Balaban J connectivity index is 1.63. The average molecular weight is 560 g/mol. The molecule has 11 heteroatoms. The molecule has 3 aromatic rings. The molecule has 0 aliphatic carbocycles. The highest BCUT2D eigenvalue weighted by molar-refractivity contribution is 6.07. The SMILES string of the molecule is C=N/C(N)=C\C=C(/C)c1ccc2c(c1)c(C(N)=O)cn2CC(=O)N1CCC(F)CC[C@H]1C(=O)Nc1cccc(C)n1. The van der Waals surface area contributed by atoms with E-state index in [2.05, 4.69) is 22.0 Å². The Morgan fingerprint density at radius 3 is 2.66 bits per heavy atom. The van der Waals surface area contributed by atoms with Crippen LogP contribution in [0.15, 0.2) is 65.6 Å². The van der Waals surface area contributed by atoms with Crippen molar-refractivity contribution >= 4 is 46.7 Å². The average Bonchev–Trinajstić information content (AvgIpc) is 3.17. The fourth-order valence-electron chi connectivity index (χ4n) is 4.93. The summed E-state index contributed by atoms with van der Waals surface area (Å²) in [6.45, 7) is 7.00. The molecule has 0 saturated carbocycles. The van der Waals surface area contributed by atoms with Gasteiger partial charge in [-0.2, -0.15) is 0 Å². The van der Waals surface area contributed by atoms with E-state index < -0.39 is 24.0 Å². The number of benzene rings is 1. The van der Waals surface area contributed by atoms with Crippen molar-refractivity contribution in [2.75, 3.05) is 11.9 Å². The molecular weight excluding hydrogens is 525 g/mol. The van der Waals surface area contributed by atoms with Crippen molar-refractivity contribution in [3.63, 3.8) is 0 Å². The number of fused-ring (bicyclic) bond motifs is 1. The molecule has 1 aromatic carbocycles. The lowest BCUT2D eigenvalue weighted by atomic mass is 10.0. The van der Waals surface area contributed by atoms with E-state index in [1.54, 1.807) is 47.9 Å². The van der Waals surface area contributed by atoms with Gasteiger partial charge in [0.2, 0.25) is 11.8 Å². The van der Waals surface area contributed by atoms with Gasteiger partial charge in [0.25, 0.3) is 5.91 Å². The van der Waals surface area contributed by atoms with E-state index in [1.807, 2.05) is 19.1 Å². The zero-order valence-electron chi connectivity index (χ0n) is 23.1. The molecule has 0 bridgehead atoms. The fourth-order valence-corrected chi connectivity index (χ4v) is 4.93. The Labute approximate surface area is 237 Å². The second kappa shape index (κ2) is 12.6. The van der Waals surface area contributed by atoms with Crippen LogP contribution in [0.4, 0.5) is 10.2 Å². The fraction of sp³-hybridized carbons (Fsp3) is 0.300. The third kappa shape index (κ3) is 6.86. The number of carbonyl (C=O) groups excluding carboxylic acids is 3. The third-order valence-electron chi connectivity index (χ3n) is 7.17. The first kappa shape index (κ1) is 29.2. The molecule has 0 spiro atoms. The van der Waals surface area contributed by atoms with Crippen LogP contribution in [-0.4, -0.2) is 57.6 Å². The standard InChI is InChI=1S/C30H34FN7O3/c1-18(7-12-26(32)34-3)20-8-10-24-22(15-20)23(29(33)40)16-37(24)17-28(39)38-14-13-21(31)9-11-25(38)30(41)36-27-6-4-5-19(2)35-27/h4-8,10,12,15-16,21,25H,3,9,11,13-14,17,32H2,1-2H3,(H2,33,40)(H,35,36,41)/b18-7+,26-12-/t21?,25-/m0/s1. The number of nitrogens with zero attached hydrogens (tertiary/aromatic N) is 4. The number of allylic oxidation sites excluding steroid dienone is 3. The van der Waals surface area contributed by atoms with Gasteiger partial charge in [0.15, 0.2) is 0 Å². The lowest BCUT2D eigenvalue weighted by molar-refractivity contribution is -0.139. The van der Waals surface area contributed by atoms with Crippen molar-refractivity contribution in [2.45, 2.75) is 51.9 Å². The van der Waals surface area contributed by atoms with Crippen LogP contribution in [0.1, 0.15) is 47.8 Å². The van der Waals surface area contributed by atoms with Crippen LogP contribution >= 0.6 is 0 Å². The molecule has 1 fully saturated rings. The normalized spacial score (nSPS) is 18.2. The van der Waals surface area contributed by atoms with Crippen molar-refractivity contribution in [3.05, 3.63) is 77.4 Å². The quantitative estimate of drug-likeness (QED) is 0.284.